The van der Waals surface area contributed by atoms with Crippen molar-refractivity contribution in [2.45, 2.75) is 19.5 Å². The van der Waals surface area contributed by atoms with E-state index in [9.17, 15) is 19.7 Å². The number of rotatable bonds is 5. The van der Waals surface area contributed by atoms with E-state index >= 15 is 0 Å². The fourth-order valence-corrected chi connectivity index (χ4v) is 4.08. The molecule has 2 aromatic heterocycles. The number of para-hydroxylation sites is 1. The number of carbonyl (C=O) groups excluding carboxylic acids is 1. The van der Waals surface area contributed by atoms with Crippen LogP contribution in [-0.2, 0) is 11.3 Å². The van der Waals surface area contributed by atoms with Gasteiger partial charge >= 0.3 is 5.76 Å². The number of aromatic nitrogens is 2. The second-order valence-electron chi connectivity index (χ2n) is 6.56. The van der Waals surface area contributed by atoms with Crippen LogP contribution < -0.4 is 5.76 Å². The van der Waals surface area contributed by atoms with Crippen LogP contribution >= 0.6 is 11.3 Å². The number of hydrogen-bond acceptors (Lipinski definition) is 7. The average Bonchev–Trinajstić information content (AvgIpc) is 3.27. The van der Waals surface area contributed by atoms with E-state index in [1.165, 1.54) is 39.0 Å². The van der Waals surface area contributed by atoms with Gasteiger partial charge in [0.2, 0.25) is 5.91 Å². The Morgan fingerprint density at radius 1 is 1.34 bits per heavy atom. The van der Waals surface area contributed by atoms with Gasteiger partial charge in [0.05, 0.1) is 32.8 Å². The largest absolute Gasteiger partial charge is 0.420 e. The highest BCUT2D eigenvalue weighted by Gasteiger charge is 2.23. The third kappa shape index (κ3) is 3.38. The van der Waals surface area contributed by atoms with Crippen LogP contribution in [0.4, 0.5) is 5.69 Å². The monoisotopic (exact) mass is 412 g/mol. The Hall–Kier alpha value is -3.53. The number of fused-ring (bicyclic) bond motifs is 2. The molecule has 148 valence electrons. The molecular formula is C19H16N4O5S. The van der Waals surface area contributed by atoms with Crippen LogP contribution in [0, 0.1) is 10.1 Å². The molecule has 0 bridgehead atoms. The fraction of sp³-hybridized carbons (Fsp3) is 0.211. The Bertz CT molecular complexity index is 1270. The number of nitro benzene ring substituents is 1. The lowest BCUT2D eigenvalue weighted by atomic mass is 10.2. The quantitative estimate of drug-likeness (QED) is 0.367. The van der Waals surface area contributed by atoms with E-state index in [2.05, 4.69) is 4.98 Å². The minimum absolute atomic E-state index is 0.0684. The molecule has 4 rings (SSSR count). The molecule has 2 aromatic carbocycles. The van der Waals surface area contributed by atoms with E-state index in [4.69, 9.17) is 4.42 Å². The van der Waals surface area contributed by atoms with Crippen molar-refractivity contribution in [3.8, 4) is 0 Å². The lowest BCUT2D eigenvalue weighted by Gasteiger charge is -2.23. The Morgan fingerprint density at radius 3 is 2.83 bits per heavy atom. The smallest absolute Gasteiger partial charge is 0.407 e. The zero-order valence-corrected chi connectivity index (χ0v) is 16.4. The van der Waals surface area contributed by atoms with Crippen LogP contribution in [0.5, 0.6) is 0 Å². The van der Waals surface area contributed by atoms with E-state index in [0.717, 1.165) is 15.2 Å². The van der Waals surface area contributed by atoms with Crippen molar-refractivity contribution in [2.75, 3.05) is 7.05 Å². The van der Waals surface area contributed by atoms with Crippen molar-refractivity contribution >= 4 is 44.2 Å². The Kier molecular flexibility index (Phi) is 4.63. The van der Waals surface area contributed by atoms with E-state index < -0.39 is 10.7 Å². The van der Waals surface area contributed by atoms with Crippen LogP contribution in [0.3, 0.4) is 0 Å². The molecule has 0 radical (unpaired) electrons. The first-order valence-corrected chi connectivity index (χ1v) is 9.55. The van der Waals surface area contributed by atoms with Gasteiger partial charge in [-0.2, -0.15) is 0 Å². The molecule has 0 saturated carbocycles. The standard InChI is InChI=1S/C19H16N4O5S/c1-11(18-20-13-5-3-4-6-16(13)29-18)21(2)17(24)10-22-14-8-7-12(23(26)27)9-15(14)28-19(22)25/h3-9,11H,10H2,1-2H3/t11-/m0/s1. The predicted molar refractivity (Wildman–Crippen MR) is 108 cm³/mol. The van der Waals surface area contributed by atoms with Gasteiger partial charge in [-0.1, -0.05) is 12.1 Å². The van der Waals surface area contributed by atoms with Crippen LogP contribution in [0.15, 0.2) is 51.7 Å². The zero-order valence-electron chi connectivity index (χ0n) is 15.6. The maximum atomic E-state index is 12.8. The minimum Gasteiger partial charge on any atom is -0.407 e. The first-order valence-electron chi connectivity index (χ1n) is 8.74. The molecule has 0 unspecified atom stereocenters. The number of nitro groups is 1. The van der Waals surface area contributed by atoms with Gasteiger partial charge in [-0.05, 0) is 25.1 Å². The summed E-state index contributed by atoms with van der Waals surface area (Å²) in [4.78, 5) is 41.4. The Morgan fingerprint density at radius 2 is 2.10 bits per heavy atom. The van der Waals surface area contributed by atoms with Crippen molar-refractivity contribution in [1.82, 2.24) is 14.5 Å². The molecule has 0 saturated heterocycles. The van der Waals surface area contributed by atoms with E-state index in [0.29, 0.717) is 5.52 Å². The molecule has 0 aliphatic rings. The number of benzene rings is 2. The fourth-order valence-electron chi connectivity index (χ4n) is 3.02. The molecule has 1 atom stereocenters. The summed E-state index contributed by atoms with van der Waals surface area (Å²) in [5.74, 6) is -1.05. The summed E-state index contributed by atoms with van der Waals surface area (Å²) in [7, 11) is 1.65. The summed E-state index contributed by atoms with van der Waals surface area (Å²) in [5, 5.41) is 11.7. The van der Waals surface area contributed by atoms with Gasteiger partial charge in [0.15, 0.2) is 5.58 Å². The molecular weight excluding hydrogens is 396 g/mol. The highest BCUT2D eigenvalue weighted by molar-refractivity contribution is 7.18. The van der Waals surface area contributed by atoms with Crippen LogP contribution in [0.2, 0.25) is 0 Å². The van der Waals surface area contributed by atoms with Gasteiger partial charge in [0, 0.05) is 13.1 Å². The van der Waals surface area contributed by atoms with Gasteiger partial charge in [-0.3, -0.25) is 19.5 Å². The van der Waals surface area contributed by atoms with E-state index in [1.807, 2.05) is 31.2 Å². The molecule has 29 heavy (non-hydrogen) atoms. The molecule has 4 aromatic rings. The van der Waals surface area contributed by atoms with Gasteiger partial charge in [0.1, 0.15) is 11.6 Å². The number of amides is 1. The van der Waals surface area contributed by atoms with Crippen LogP contribution in [0.25, 0.3) is 21.3 Å². The van der Waals surface area contributed by atoms with Gasteiger partial charge in [-0.15, -0.1) is 11.3 Å². The van der Waals surface area contributed by atoms with E-state index in [-0.39, 0.29) is 29.8 Å². The normalized spacial score (nSPS) is 12.3. The summed E-state index contributed by atoms with van der Waals surface area (Å²) in [6.07, 6.45) is 0. The maximum absolute atomic E-state index is 12.8. The summed E-state index contributed by atoms with van der Waals surface area (Å²) in [5.41, 5.74) is 1.08. The SMILES string of the molecule is C[C@@H](c1nc2ccccc2s1)N(C)C(=O)Cn1c(=O)oc2cc([N+](=O)[O-])ccc21. The van der Waals surface area contributed by atoms with Crippen LogP contribution in [-0.4, -0.2) is 32.3 Å². The van der Waals surface area contributed by atoms with Crippen molar-refractivity contribution < 1.29 is 14.1 Å². The lowest BCUT2D eigenvalue weighted by molar-refractivity contribution is -0.384. The molecule has 0 aliphatic heterocycles. The average molecular weight is 412 g/mol. The lowest BCUT2D eigenvalue weighted by Crippen LogP contribution is -2.34. The summed E-state index contributed by atoms with van der Waals surface area (Å²) >= 11 is 1.51. The van der Waals surface area contributed by atoms with Gasteiger partial charge in [-0.25, -0.2) is 9.78 Å². The second kappa shape index (κ2) is 7.13. The molecule has 0 fully saturated rings. The molecule has 10 heteroatoms. The van der Waals surface area contributed by atoms with Gasteiger partial charge < -0.3 is 9.32 Å². The number of hydrogen-bond donors (Lipinski definition) is 0. The minimum atomic E-state index is -0.741. The molecule has 9 nitrogen and oxygen atoms in total. The topological polar surface area (TPSA) is 111 Å². The molecule has 1 amide bonds. The number of carbonyl (C=O) groups is 1. The highest BCUT2D eigenvalue weighted by atomic mass is 32.1. The summed E-state index contributed by atoms with van der Waals surface area (Å²) < 4.78 is 7.28. The van der Waals surface area contributed by atoms with E-state index in [1.54, 1.807) is 7.05 Å². The van der Waals surface area contributed by atoms with Crippen molar-refractivity contribution in [3.05, 3.63) is 68.1 Å². The molecule has 2 heterocycles. The number of likely N-dealkylation sites (N-methyl/N-ethyl adjacent to an activating group) is 1. The van der Waals surface area contributed by atoms with Crippen molar-refractivity contribution in [1.29, 1.82) is 0 Å². The Labute approximate surface area is 167 Å². The number of nitrogens with zero attached hydrogens (tertiary/aromatic N) is 4. The first kappa shape index (κ1) is 18.8. The number of non-ortho nitro benzene ring substituents is 1. The number of oxazole rings is 1. The Balaban J connectivity index is 1.59. The molecule has 0 N–H and O–H groups in total. The molecule has 0 spiro atoms. The van der Waals surface area contributed by atoms with Gasteiger partial charge in [0.25, 0.3) is 5.69 Å². The second-order valence-corrected chi connectivity index (χ2v) is 7.63. The van der Waals surface area contributed by atoms with Crippen molar-refractivity contribution in [3.63, 3.8) is 0 Å². The summed E-state index contributed by atoms with van der Waals surface area (Å²) in [6, 6.07) is 11.3. The molecule has 0 aliphatic carbocycles. The maximum Gasteiger partial charge on any atom is 0.420 e. The zero-order chi connectivity index (χ0) is 20.7. The third-order valence-corrected chi connectivity index (χ3v) is 6.00. The highest BCUT2D eigenvalue weighted by Crippen LogP contribution is 2.29. The summed E-state index contributed by atoms with van der Waals surface area (Å²) in [6.45, 7) is 1.63. The van der Waals surface area contributed by atoms with Crippen molar-refractivity contribution in [2.24, 2.45) is 0 Å². The first-order chi connectivity index (χ1) is 13.8. The number of thiazole rings is 1. The predicted octanol–water partition coefficient (Wildman–Crippen LogP) is 3.33. The third-order valence-electron chi connectivity index (χ3n) is 4.80. The van der Waals surface area contributed by atoms with Crippen LogP contribution in [0.1, 0.15) is 18.0 Å².